The number of halogens is 3. The monoisotopic (exact) mass is 308 g/mol. The van der Waals surface area contributed by atoms with Gasteiger partial charge < -0.3 is 9.05 Å². The quantitative estimate of drug-likeness (QED) is 0.737. The highest BCUT2D eigenvalue weighted by Gasteiger charge is 2.38. The maximum atomic E-state index is 12.7. The summed E-state index contributed by atoms with van der Waals surface area (Å²) in [5, 5.41) is 0. The van der Waals surface area contributed by atoms with Gasteiger partial charge in [-0.25, -0.2) is 0 Å². The average molecular weight is 308 g/mol. The van der Waals surface area contributed by atoms with Crippen LogP contribution >= 0.6 is 7.60 Å². The van der Waals surface area contributed by atoms with Gasteiger partial charge in [0.2, 0.25) is 0 Å². The van der Waals surface area contributed by atoms with E-state index in [1.165, 1.54) is 6.07 Å². The second-order valence-corrected chi connectivity index (χ2v) is 7.55. The Balaban J connectivity index is 2.26. The standard InChI is InChI=1S/C13H16F3O3P/c1-9(2)20(17)18-7-6-12(19-20)10-4-3-5-11(8-10)13(14,15)16/h3-5,8-9,12H,6-7H2,1-2H3. The summed E-state index contributed by atoms with van der Waals surface area (Å²) in [4.78, 5) is 0. The van der Waals surface area contributed by atoms with E-state index >= 15 is 0 Å². The number of hydrogen-bond acceptors (Lipinski definition) is 3. The van der Waals surface area contributed by atoms with Gasteiger partial charge in [0.1, 0.15) is 0 Å². The molecule has 0 N–H and O–H groups in total. The summed E-state index contributed by atoms with van der Waals surface area (Å²) >= 11 is 0. The summed E-state index contributed by atoms with van der Waals surface area (Å²) in [5.41, 5.74) is -0.676. The zero-order valence-electron chi connectivity index (χ0n) is 11.2. The van der Waals surface area contributed by atoms with E-state index in [1.807, 2.05) is 0 Å². The molecule has 7 heteroatoms. The first-order chi connectivity index (χ1) is 9.22. The molecule has 1 aromatic carbocycles. The van der Waals surface area contributed by atoms with Gasteiger partial charge in [-0.15, -0.1) is 0 Å². The van der Waals surface area contributed by atoms with Crippen molar-refractivity contribution in [1.29, 1.82) is 0 Å². The van der Waals surface area contributed by atoms with Crippen LogP contribution in [0.3, 0.4) is 0 Å². The van der Waals surface area contributed by atoms with Crippen molar-refractivity contribution in [2.45, 2.75) is 38.2 Å². The van der Waals surface area contributed by atoms with Gasteiger partial charge in [0.05, 0.1) is 23.9 Å². The highest BCUT2D eigenvalue weighted by Crippen LogP contribution is 2.59. The molecule has 2 atom stereocenters. The number of alkyl halides is 3. The van der Waals surface area contributed by atoms with Crippen LogP contribution in [0.5, 0.6) is 0 Å². The van der Waals surface area contributed by atoms with Crippen molar-refractivity contribution in [3.05, 3.63) is 35.4 Å². The highest BCUT2D eigenvalue weighted by atomic mass is 31.2. The normalized spacial score (nSPS) is 27.8. The average Bonchev–Trinajstić information content (AvgIpc) is 2.38. The van der Waals surface area contributed by atoms with Gasteiger partial charge >= 0.3 is 13.8 Å². The summed E-state index contributed by atoms with van der Waals surface area (Å²) in [7, 11) is -3.24. The Kier molecular flexibility index (Phi) is 4.28. The number of hydrogen-bond donors (Lipinski definition) is 0. The molecule has 112 valence electrons. The summed E-state index contributed by atoms with van der Waals surface area (Å²) in [5.74, 6) is 0. The van der Waals surface area contributed by atoms with Crippen LogP contribution in [0.1, 0.15) is 37.5 Å². The van der Waals surface area contributed by atoms with E-state index in [9.17, 15) is 17.7 Å². The molecule has 2 rings (SSSR count). The summed E-state index contributed by atoms with van der Waals surface area (Å²) < 4.78 is 61.1. The van der Waals surface area contributed by atoms with Gasteiger partial charge in [0, 0.05) is 6.42 Å². The smallest absolute Gasteiger partial charge is 0.308 e. The van der Waals surface area contributed by atoms with Crippen LogP contribution in [-0.2, 0) is 19.8 Å². The zero-order valence-corrected chi connectivity index (χ0v) is 12.1. The van der Waals surface area contributed by atoms with Crippen LogP contribution in [0.4, 0.5) is 13.2 Å². The first kappa shape index (κ1) is 15.5. The van der Waals surface area contributed by atoms with Gasteiger partial charge in [-0.3, -0.25) is 4.57 Å². The molecule has 0 radical (unpaired) electrons. The van der Waals surface area contributed by atoms with Crippen LogP contribution in [0, 0.1) is 0 Å². The van der Waals surface area contributed by atoms with E-state index in [0.717, 1.165) is 12.1 Å². The molecule has 20 heavy (non-hydrogen) atoms. The molecule has 1 aromatic rings. The van der Waals surface area contributed by atoms with Gasteiger partial charge in [-0.2, -0.15) is 13.2 Å². The van der Waals surface area contributed by atoms with E-state index in [0.29, 0.717) is 12.0 Å². The zero-order chi connectivity index (χ0) is 15.0. The Bertz CT molecular complexity index is 528. The second-order valence-electron chi connectivity index (χ2n) is 4.97. The SMILES string of the molecule is CC(C)P1(=O)OCCC(c2cccc(C(F)(F)F)c2)O1. The van der Waals surface area contributed by atoms with E-state index in [1.54, 1.807) is 19.9 Å². The third-order valence-electron chi connectivity index (χ3n) is 3.14. The topological polar surface area (TPSA) is 35.5 Å². The largest absolute Gasteiger partial charge is 0.416 e. The lowest BCUT2D eigenvalue weighted by Gasteiger charge is -2.32. The first-order valence-corrected chi connectivity index (χ1v) is 7.93. The Hall–Kier alpha value is -0.840. The minimum Gasteiger partial charge on any atom is -0.308 e. The summed E-state index contributed by atoms with van der Waals surface area (Å²) in [6.45, 7) is 3.63. The Morgan fingerprint density at radius 2 is 2.05 bits per heavy atom. The van der Waals surface area contributed by atoms with Crippen LogP contribution in [0.25, 0.3) is 0 Å². The van der Waals surface area contributed by atoms with Gasteiger partial charge in [0.15, 0.2) is 0 Å². The molecule has 0 amide bonds. The third kappa shape index (κ3) is 3.25. The van der Waals surface area contributed by atoms with E-state index in [2.05, 4.69) is 0 Å². The molecule has 0 aromatic heterocycles. The predicted octanol–water partition coefficient (Wildman–Crippen LogP) is 4.78. The van der Waals surface area contributed by atoms with Gasteiger partial charge in [-0.1, -0.05) is 26.0 Å². The molecule has 2 unspecified atom stereocenters. The molecule has 0 spiro atoms. The number of rotatable bonds is 2. The van der Waals surface area contributed by atoms with Crippen LogP contribution in [0.2, 0.25) is 0 Å². The van der Waals surface area contributed by atoms with Crippen LogP contribution in [0.15, 0.2) is 24.3 Å². The van der Waals surface area contributed by atoms with Crippen molar-refractivity contribution >= 4 is 7.60 Å². The fourth-order valence-corrected chi connectivity index (χ4v) is 3.51. The van der Waals surface area contributed by atoms with Crippen LogP contribution in [-0.4, -0.2) is 12.3 Å². The van der Waals surface area contributed by atoms with Crippen molar-refractivity contribution in [3.8, 4) is 0 Å². The molecule has 1 heterocycles. The van der Waals surface area contributed by atoms with Gasteiger partial charge in [0.25, 0.3) is 0 Å². The molecule has 0 aliphatic carbocycles. The molecule has 0 saturated carbocycles. The fourth-order valence-electron chi connectivity index (χ4n) is 1.96. The maximum absolute atomic E-state index is 12.7. The van der Waals surface area contributed by atoms with Gasteiger partial charge in [-0.05, 0) is 17.7 Å². The molecule has 1 aliphatic rings. The Morgan fingerprint density at radius 3 is 2.65 bits per heavy atom. The fraction of sp³-hybridized carbons (Fsp3) is 0.538. The Morgan fingerprint density at radius 1 is 1.35 bits per heavy atom. The van der Waals surface area contributed by atoms with Crippen molar-refractivity contribution in [2.24, 2.45) is 0 Å². The molecule has 1 saturated heterocycles. The second kappa shape index (κ2) is 5.51. The van der Waals surface area contributed by atoms with Crippen molar-refractivity contribution in [2.75, 3.05) is 6.61 Å². The van der Waals surface area contributed by atoms with E-state index in [4.69, 9.17) is 9.05 Å². The van der Waals surface area contributed by atoms with Crippen molar-refractivity contribution in [3.63, 3.8) is 0 Å². The summed E-state index contributed by atoms with van der Waals surface area (Å²) in [6.07, 6.45) is -4.64. The number of benzene rings is 1. The third-order valence-corrected chi connectivity index (χ3v) is 5.50. The minimum atomic E-state index is -4.40. The van der Waals surface area contributed by atoms with Crippen molar-refractivity contribution < 1.29 is 26.8 Å². The first-order valence-electron chi connectivity index (χ1n) is 6.32. The summed E-state index contributed by atoms with van der Waals surface area (Å²) in [6, 6.07) is 4.93. The molecule has 3 nitrogen and oxygen atoms in total. The lowest BCUT2D eigenvalue weighted by atomic mass is 10.0. The lowest BCUT2D eigenvalue weighted by molar-refractivity contribution is -0.137. The molecule has 1 aliphatic heterocycles. The molecular weight excluding hydrogens is 292 g/mol. The predicted molar refractivity (Wildman–Crippen MR) is 68.6 cm³/mol. The lowest BCUT2D eigenvalue weighted by Crippen LogP contribution is -2.18. The van der Waals surface area contributed by atoms with Crippen LogP contribution < -0.4 is 0 Å². The molecular formula is C13H16F3O3P. The molecule has 0 bridgehead atoms. The highest BCUT2D eigenvalue weighted by molar-refractivity contribution is 7.54. The minimum absolute atomic E-state index is 0.219. The van der Waals surface area contributed by atoms with Crippen molar-refractivity contribution in [1.82, 2.24) is 0 Å². The van der Waals surface area contributed by atoms with E-state index in [-0.39, 0.29) is 12.3 Å². The molecule has 1 fully saturated rings. The maximum Gasteiger partial charge on any atom is 0.416 e. The van der Waals surface area contributed by atoms with E-state index < -0.39 is 25.4 Å². The Labute approximate surface area is 115 Å².